The number of nitrogens with zero attached hydrogens (tertiary/aromatic N) is 2. The maximum Gasteiger partial charge on any atom is 0.306 e. The molecule has 0 aromatic rings. The first-order valence-electron chi connectivity index (χ1n) is 7.59. The second-order valence-corrected chi connectivity index (χ2v) is 6.76. The van der Waals surface area contributed by atoms with Crippen LogP contribution in [-0.4, -0.2) is 58.4 Å². The van der Waals surface area contributed by atoms with Gasteiger partial charge in [0.05, 0.1) is 11.5 Å². The highest BCUT2D eigenvalue weighted by atomic mass is 16.4. The Bertz CT molecular complexity index is 427. The van der Waals surface area contributed by atoms with E-state index < -0.39 is 5.97 Å². The fraction of sp³-hybridized carbons (Fsp3) is 0.800. The Labute approximate surface area is 125 Å². The highest BCUT2D eigenvalue weighted by molar-refractivity contribution is 5.80. The summed E-state index contributed by atoms with van der Waals surface area (Å²) >= 11 is 0. The lowest BCUT2D eigenvalue weighted by Crippen LogP contribution is -2.60. The molecule has 2 rings (SSSR count). The van der Waals surface area contributed by atoms with Gasteiger partial charge in [-0.05, 0) is 39.5 Å². The lowest BCUT2D eigenvalue weighted by molar-refractivity contribution is -0.148. The van der Waals surface area contributed by atoms with Gasteiger partial charge in [0.15, 0.2) is 0 Å². The Morgan fingerprint density at radius 2 is 1.67 bits per heavy atom. The second-order valence-electron chi connectivity index (χ2n) is 6.76. The number of piperazine rings is 1. The lowest BCUT2D eigenvalue weighted by atomic mass is 9.81. The van der Waals surface area contributed by atoms with Gasteiger partial charge in [-0.15, -0.1) is 0 Å². The third-order valence-electron chi connectivity index (χ3n) is 4.83. The SMILES string of the molecule is CC1(C)CN(C(=O)C2CCC(C(=O)O)CC2)CCN1C=O. The summed E-state index contributed by atoms with van der Waals surface area (Å²) in [7, 11) is 0. The Morgan fingerprint density at radius 1 is 1.10 bits per heavy atom. The molecule has 1 heterocycles. The Kier molecular flexibility index (Phi) is 4.54. The number of carbonyl (C=O) groups is 3. The highest BCUT2D eigenvalue weighted by Gasteiger charge is 2.38. The number of carbonyl (C=O) groups excluding carboxylic acids is 2. The number of hydrogen-bond acceptors (Lipinski definition) is 3. The van der Waals surface area contributed by atoms with Crippen LogP contribution in [0, 0.1) is 11.8 Å². The molecule has 6 nitrogen and oxygen atoms in total. The second kappa shape index (κ2) is 6.03. The maximum atomic E-state index is 12.6. The predicted molar refractivity (Wildman–Crippen MR) is 76.5 cm³/mol. The third-order valence-corrected chi connectivity index (χ3v) is 4.83. The van der Waals surface area contributed by atoms with Gasteiger partial charge in [0.25, 0.3) is 0 Å². The molecule has 1 saturated carbocycles. The average Bonchev–Trinajstić information content (AvgIpc) is 2.45. The van der Waals surface area contributed by atoms with Crippen molar-refractivity contribution in [3.63, 3.8) is 0 Å². The van der Waals surface area contributed by atoms with Crippen LogP contribution in [0.2, 0.25) is 0 Å². The molecule has 1 aliphatic heterocycles. The van der Waals surface area contributed by atoms with Gasteiger partial charge in [-0.1, -0.05) is 0 Å². The summed E-state index contributed by atoms with van der Waals surface area (Å²) in [4.78, 5) is 38.1. The van der Waals surface area contributed by atoms with Crippen LogP contribution in [0.15, 0.2) is 0 Å². The average molecular weight is 296 g/mol. The van der Waals surface area contributed by atoms with E-state index in [2.05, 4.69) is 0 Å². The minimum absolute atomic E-state index is 0.0563. The quantitative estimate of drug-likeness (QED) is 0.787. The minimum atomic E-state index is -0.748. The zero-order valence-electron chi connectivity index (χ0n) is 12.7. The molecule has 0 aromatic heterocycles. The van der Waals surface area contributed by atoms with E-state index in [1.54, 1.807) is 4.90 Å². The van der Waals surface area contributed by atoms with Crippen LogP contribution in [0.25, 0.3) is 0 Å². The van der Waals surface area contributed by atoms with E-state index in [0.717, 1.165) is 6.41 Å². The van der Waals surface area contributed by atoms with Crippen LogP contribution in [0.4, 0.5) is 0 Å². The van der Waals surface area contributed by atoms with Crippen molar-refractivity contribution in [3.05, 3.63) is 0 Å². The summed E-state index contributed by atoms with van der Waals surface area (Å²) < 4.78 is 0. The van der Waals surface area contributed by atoms with Crippen molar-refractivity contribution in [2.24, 2.45) is 11.8 Å². The van der Waals surface area contributed by atoms with Crippen LogP contribution in [0.3, 0.4) is 0 Å². The van der Waals surface area contributed by atoms with Crippen molar-refractivity contribution in [1.29, 1.82) is 0 Å². The normalized spacial score (nSPS) is 29.0. The Balaban J connectivity index is 1.93. The molecule has 0 bridgehead atoms. The molecule has 0 unspecified atom stereocenters. The summed E-state index contributed by atoms with van der Waals surface area (Å²) in [5.74, 6) is -0.976. The van der Waals surface area contributed by atoms with Crippen LogP contribution in [-0.2, 0) is 14.4 Å². The third kappa shape index (κ3) is 3.36. The van der Waals surface area contributed by atoms with Gasteiger partial charge in [0.2, 0.25) is 12.3 Å². The standard InChI is InChI=1S/C15H24N2O4/c1-15(2)9-16(7-8-17(15)10-18)13(19)11-3-5-12(6-4-11)14(20)21/h10-12H,3-9H2,1-2H3,(H,20,21). The molecule has 2 aliphatic rings. The first-order valence-corrected chi connectivity index (χ1v) is 7.59. The van der Waals surface area contributed by atoms with Gasteiger partial charge < -0.3 is 14.9 Å². The summed E-state index contributed by atoms with van der Waals surface area (Å²) in [5, 5.41) is 9.00. The van der Waals surface area contributed by atoms with Crippen molar-refractivity contribution in [2.75, 3.05) is 19.6 Å². The fourth-order valence-electron chi connectivity index (χ4n) is 3.40. The van der Waals surface area contributed by atoms with Crippen LogP contribution < -0.4 is 0 Å². The largest absolute Gasteiger partial charge is 0.481 e. The first kappa shape index (κ1) is 15.8. The summed E-state index contributed by atoms with van der Waals surface area (Å²) in [5.41, 5.74) is -0.339. The van der Waals surface area contributed by atoms with Gasteiger partial charge in [-0.3, -0.25) is 14.4 Å². The van der Waals surface area contributed by atoms with Crippen molar-refractivity contribution < 1.29 is 19.5 Å². The molecule has 0 radical (unpaired) electrons. The Hall–Kier alpha value is -1.59. The van der Waals surface area contributed by atoms with Crippen molar-refractivity contribution in [3.8, 4) is 0 Å². The topological polar surface area (TPSA) is 77.9 Å². The fourth-order valence-corrected chi connectivity index (χ4v) is 3.40. The first-order chi connectivity index (χ1) is 9.85. The predicted octanol–water partition coefficient (Wildman–Crippen LogP) is 0.957. The minimum Gasteiger partial charge on any atom is -0.481 e. The van der Waals surface area contributed by atoms with Gasteiger partial charge in [-0.2, -0.15) is 0 Å². The van der Waals surface area contributed by atoms with E-state index in [4.69, 9.17) is 5.11 Å². The van der Waals surface area contributed by atoms with Gasteiger partial charge in [0.1, 0.15) is 0 Å². The van der Waals surface area contributed by atoms with E-state index in [-0.39, 0.29) is 23.3 Å². The Morgan fingerprint density at radius 3 is 2.14 bits per heavy atom. The molecule has 2 amide bonds. The molecule has 1 N–H and O–H groups in total. The number of hydrogen-bond donors (Lipinski definition) is 1. The van der Waals surface area contributed by atoms with Crippen LogP contribution in [0.5, 0.6) is 0 Å². The maximum absolute atomic E-state index is 12.6. The summed E-state index contributed by atoms with van der Waals surface area (Å²) in [6.07, 6.45) is 3.33. The van der Waals surface area contributed by atoms with Gasteiger partial charge in [0, 0.05) is 25.6 Å². The summed E-state index contributed by atoms with van der Waals surface area (Å²) in [6.45, 7) is 5.60. The number of carboxylic acids is 1. The van der Waals surface area contributed by atoms with E-state index >= 15 is 0 Å². The van der Waals surface area contributed by atoms with Crippen molar-refractivity contribution in [1.82, 2.24) is 9.80 Å². The van der Waals surface area contributed by atoms with Gasteiger partial charge in [-0.25, -0.2) is 0 Å². The van der Waals surface area contributed by atoms with Crippen LogP contribution >= 0.6 is 0 Å². The number of rotatable bonds is 3. The molecule has 6 heteroatoms. The van der Waals surface area contributed by atoms with Gasteiger partial charge >= 0.3 is 5.97 Å². The number of aliphatic carboxylic acids is 1. The molecule has 118 valence electrons. The molecule has 21 heavy (non-hydrogen) atoms. The van der Waals surface area contributed by atoms with Crippen molar-refractivity contribution in [2.45, 2.75) is 45.1 Å². The number of carboxylic acid groups (broad SMARTS) is 1. The zero-order chi connectivity index (χ0) is 15.6. The molecular weight excluding hydrogens is 272 g/mol. The van der Waals surface area contributed by atoms with E-state index in [9.17, 15) is 14.4 Å². The molecule has 1 aliphatic carbocycles. The smallest absolute Gasteiger partial charge is 0.306 e. The molecule has 1 saturated heterocycles. The van der Waals surface area contributed by atoms with E-state index in [0.29, 0.717) is 45.3 Å². The molecule has 2 fully saturated rings. The molecule has 0 atom stereocenters. The monoisotopic (exact) mass is 296 g/mol. The molecule has 0 spiro atoms. The molecular formula is C15H24N2O4. The lowest BCUT2D eigenvalue weighted by Gasteiger charge is -2.46. The van der Waals surface area contributed by atoms with E-state index in [1.807, 2.05) is 18.7 Å². The summed E-state index contributed by atoms with van der Waals surface area (Å²) in [6, 6.07) is 0. The van der Waals surface area contributed by atoms with Crippen LogP contribution in [0.1, 0.15) is 39.5 Å². The number of amides is 2. The molecule has 0 aromatic carbocycles. The zero-order valence-corrected chi connectivity index (χ0v) is 12.7. The van der Waals surface area contributed by atoms with E-state index in [1.165, 1.54) is 0 Å². The van der Waals surface area contributed by atoms with Crippen molar-refractivity contribution >= 4 is 18.3 Å². The highest BCUT2D eigenvalue weighted by Crippen LogP contribution is 2.31.